The Morgan fingerprint density at radius 2 is 2.46 bits per heavy atom. The summed E-state index contributed by atoms with van der Waals surface area (Å²) in [5, 5.41) is 18.4. The maximum Gasteiger partial charge on any atom is 0.0893 e. The first-order valence-electron chi connectivity index (χ1n) is 4.46. The first kappa shape index (κ1) is 9.05. The summed E-state index contributed by atoms with van der Waals surface area (Å²) in [6.07, 6.45) is 3.35. The van der Waals surface area contributed by atoms with E-state index >= 15 is 0 Å². The first-order chi connectivity index (χ1) is 6.35. The number of aliphatic hydroxyl groups excluding tert-OH is 1. The topological polar surface area (TPSA) is 58.0 Å². The quantitative estimate of drug-likeness (QED) is 0.743. The third-order valence-electron chi connectivity index (χ3n) is 2.66. The zero-order chi connectivity index (χ0) is 9.15. The van der Waals surface area contributed by atoms with Crippen molar-refractivity contribution in [1.82, 2.24) is 14.9 Å². The number of hydrogen-bond acceptors (Lipinski definition) is 5. The molecule has 0 bridgehead atoms. The van der Waals surface area contributed by atoms with Gasteiger partial charge in [-0.1, -0.05) is 4.49 Å². The molecule has 4 nitrogen and oxygen atoms in total. The van der Waals surface area contributed by atoms with Crippen LogP contribution in [-0.4, -0.2) is 26.8 Å². The van der Waals surface area contributed by atoms with Gasteiger partial charge >= 0.3 is 0 Å². The second kappa shape index (κ2) is 3.69. The molecule has 0 amide bonds. The molecule has 1 aliphatic carbocycles. The molecule has 2 N–H and O–H groups in total. The fourth-order valence-electron chi connectivity index (χ4n) is 1.53. The summed E-state index contributed by atoms with van der Waals surface area (Å²) in [5.74, 6) is 0. The highest BCUT2D eigenvalue weighted by atomic mass is 32.1. The molecule has 0 radical (unpaired) electrons. The second-order valence-corrected chi connectivity index (χ2v) is 4.15. The summed E-state index contributed by atoms with van der Waals surface area (Å²) in [7, 11) is 0. The van der Waals surface area contributed by atoms with E-state index in [9.17, 15) is 0 Å². The molecule has 1 saturated carbocycles. The summed E-state index contributed by atoms with van der Waals surface area (Å²) >= 11 is 1.36. The van der Waals surface area contributed by atoms with Crippen molar-refractivity contribution >= 4 is 11.5 Å². The van der Waals surface area contributed by atoms with Crippen molar-refractivity contribution in [3.05, 3.63) is 11.1 Å². The van der Waals surface area contributed by atoms with E-state index in [0.717, 1.165) is 25.1 Å². The van der Waals surface area contributed by atoms with Crippen molar-refractivity contribution in [2.45, 2.75) is 31.3 Å². The van der Waals surface area contributed by atoms with E-state index in [-0.39, 0.29) is 12.1 Å². The van der Waals surface area contributed by atoms with Gasteiger partial charge in [0.1, 0.15) is 0 Å². The SMILES string of the molecule is OCC1(NCc2csnn2)CCC1. The Bertz CT molecular complexity index is 253. The smallest absolute Gasteiger partial charge is 0.0893 e. The maximum atomic E-state index is 9.17. The van der Waals surface area contributed by atoms with E-state index in [4.69, 9.17) is 5.11 Å². The van der Waals surface area contributed by atoms with Crippen LogP contribution in [0.15, 0.2) is 5.38 Å². The van der Waals surface area contributed by atoms with Crippen molar-refractivity contribution in [2.24, 2.45) is 0 Å². The van der Waals surface area contributed by atoms with Gasteiger partial charge in [0.15, 0.2) is 0 Å². The Morgan fingerprint density at radius 1 is 1.62 bits per heavy atom. The van der Waals surface area contributed by atoms with E-state index in [1.165, 1.54) is 18.0 Å². The highest BCUT2D eigenvalue weighted by Gasteiger charge is 2.35. The maximum absolute atomic E-state index is 9.17. The average Bonchev–Trinajstić information content (AvgIpc) is 2.56. The summed E-state index contributed by atoms with van der Waals surface area (Å²) in [5.41, 5.74) is 0.939. The Hall–Kier alpha value is -0.520. The summed E-state index contributed by atoms with van der Waals surface area (Å²) in [4.78, 5) is 0. The van der Waals surface area contributed by atoms with Gasteiger partial charge in [-0.05, 0) is 30.8 Å². The molecule has 0 atom stereocenters. The number of nitrogens with one attached hydrogen (secondary N) is 1. The molecule has 1 aromatic rings. The van der Waals surface area contributed by atoms with Gasteiger partial charge in [0.05, 0.1) is 12.3 Å². The van der Waals surface area contributed by atoms with E-state index in [2.05, 4.69) is 14.9 Å². The lowest BCUT2D eigenvalue weighted by atomic mass is 9.77. The largest absolute Gasteiger partial charge is 0.394 e. The normalized spacial score (nSPS) is 19.8. The molecule has 1 heterocycles. The van der Waals surface area contributed by atoms with Crippen LogP contribution in [0.2, 0.25) is 0 Å². The van der Waals surface area contributed by atoms with Crippen LogP contribution >= 0.6 is 11.5 Å². The molecule has 0 aliphatic heterocycles. The molecule has 1 fully saturated rings. The van der Waals surface area contributed by atoms with Crippen LogP contribution in [0.5, 0.6) is 0 Å². The van der Waals surface area contributed by atoms with E-state index in [0.29, 0.717) is 0 Å². The molecule has 1 aliphatic rings. The van der Waals surface area contributed by atoms with Crippen LogP contribution in [0.1, 0.15) is 25.0 Å². The zero-order valence-electron chi connectivity index (χ0n) is 7.36. The average molecular weight is 199 g/mol. The van der Waals surface area contributed by atoms with Crippen molar-refractivity contribution in [2.75, 3.05) is 6.61 Å². The Labute approximate surface area is 81.1 Å². The van der Waals surface area contributed by atoms with Crippen molar-refractivity contribution in [1.29, 1.82) is 0 Å². The lowest BCUT2D eigenvalue weighted by Crippen LogP contribution is -2.53. The Morgan fingerprint density at radius 3 is 2.92 bits per heavy atom. The van der Waals surface area contributed by atoms with Gasteiger partial charge in [0.2, 0.25) is 0 Å². The number of nitrogens with zero attached hydrogens (tertiary/aromatic N) is 2. The molecular weight excluding hydrogens is 186 g/mol. The zero-order valence-corrected chi connectivity index (χ0v) is 8.18. The molecule has 5 heteroatoms. The minimum Gasteiger partial charge on any atom is -0.394 e. The van der Waals surface area contributed by atoms with Gasteiger partial charge in [-0.2, -0.15) is 0 Å². The third kappa shape index (κ3) is 1.87. The van der Waals surface area contributed by atoms with Gasteiger partial charge in [0, 0.05) is 17.5 Å². The Balaban J connectivity index is 1.84. The van der Waals surface area contributed by atoms with E-state index in [1.807, 2.05) is 5.38 Å². The third-order valence-corrected chi connectivity index (χ3v) is 3.22. The first-order valence-corrected chi connectivity index (χ1v) is 5.30. The molecular formula is C8H13N3OS. The monoisotopic (exact) mass is 199 g/mol. The predicted octanol–water partition coefficient (Wildman–Crippen LogP) is 0.543. The summed E-state index contributed by atoms with van der Waals surface area (Å²) in [6, 6.07) is 0. The fourth-order valence-corrected chi connectivity index (χ4v) is 1.98. The molecule has 1 aromatic heterocycles. The highest BCUT2D eigenvalue weighted by molar-refractivity contribution is 7.03. The lowest BCUT2D eigenvalue weighted by molar-refractivity contribution is 0.0868. The minimum absolute atomic E-state index is 0.0242. The van der Waals surface area contributed by atoms with Gasteiger partial charge < -0.3 is 10.4 Å². The molecule has 0 saturated heterocycles. The van der Waals surface area contributed by atoms with Crippen LogP contribution < -0.4 is 5.32 Å². The molecule has 13 heavy (non-hydrogen) atoms. The molecule has 0 spiro atoms. The molecule has 0 aromatic carbocycles. The Kier molecular flexibility index (Phi) is 2.57. The standard InChI is InChI=1S/C8H13N3OS/c12-6-8(2-1-3-8)9-4-7-5-13-11-10-7/h5,9,12H,1-4,6H2. The van der Waals surface area contributed by atoms with Gasteiger partial charge in [-0.15, -0.1) is 5.10 Å². The van der Waals surface area contributed by atoms with Crippen molar-refractivity contribution < 1.29 is 5.11 Å². The lowest BCUT2D eigenvalue weighted by Gasteiger charge is -2.41. The van der Waals surface area contributed by atoms with Gasteiger partial charge in [-0.3, -0.25) is 0 Å². The highest BCUT2D eigenvalue weighted by Crippen LogP contribution is 2.31. The van der Waals surface area contributed by atoms with E-state index < -0.39 is 0 Å². The second-order valence-electron chi connectivity index (χ2n) is 3.54. The molecule has 2 rings (SSSR count). The van der Waals surface area contributed by atoms with Gasteiger partial charge in [-0.25, -0.2) is 0 Å². The van der Waals surface area contributed by atoms with Crippen molar-refractivity contribution in [3.63, 3.8) is 0 Å². The van der Waals surface area contributed by atoms with Crippen molar-refractivity contribution in [3.8, 4) is 0 Å². The van der Waals surface area contributed by atoms with Crippen LogP contribution in [0.25, 0.3) is 0 Å². The minimum atomic E-state index is -0.0242. The van der Waals surface area contributed by atoms with E-state index in [1.54, 1.807) is 0 Å². The molecule has 0 unspecified atom stereocenters. The van der Waals surface area contributed by atoms with Crippen LogP contribution in [0, 0.1) is 0 Å². The molecule has 72 valence electrons. The number of hydrogen-bond donors (Lipinski definition) is 2. The number of aliphatic hydroxyl groups is 1. The number of rotatable bonds is 4. The summed E-state index contributed by atoms with van der Waals surface area (Å²) < 4.78 is 3.78. The van der Waals surface area contributed by atoms with Crippen LogP contribution in [-0.2, 0) is 6.54 Å². The summed E-state index contributed by atoms with van der Waals surface area (Å²) in [6.45, 7) is 0.946. The van der Waals surface area contributed by atoms with Crippen LogP contribution in [0.4, 0.5) is 0 Å². The van der Waals surface area contributed by atoms with Crippen LogP contribution in [0.3, 0.4) is 0 Å². The number of aromatic nitrogens is 2. The predicted molar refractivity (Wildman–Crippen MR) is 50.4 cm³/mol. The van der Waals surface area contributed by atoms with Gasteiger partial charge in [0.25, 0.3) is 0 Å². The fraction of sp³-hybridized carbons (Fsp3) is 0.750.